The third-order valence-electron chi connectivity index (χ3n) is 6.91. The Morgan fingerprint density at radius 3 is 2.59 bits per heavy atom. The molecule has 2 aromatic rings. The molecule has 2 atom stereocenters. The maximum absolute atomic E-state index is 13.1. The number of methoxy groups -OCH3 is 1. The molecule has 0 unspecified atom stereocenters. The standard InChI is InChI=1S/C25H32FN3O3/c1-28-16-19(25(31)27-21-6-4-20(26)5-7-21)14-22(28)18-9-11-29(12-10-18)15-17-3-8-23(30)24(13-17)32-2/h3-8,13,18-19,22,30H,9-12,14-16H2,1-2H3,(H,27,31)/t19-,22-/m1/s1. The Hall–Kier alpha value is -2.64. The van der Waals surface area contributed by atoms with Gasteiger partial charge < -0.3 is 20.1 Å². The highest BCUT2D eigenvalue weighted by molar-refractivity contribution is 5.92. The first-order chi connectivity index (χ1) is 15.4. The molecule has 2 heterocycles. The zero-order valence-corrected chi connectivity index (χ0v) is 18.8. The van der Waals surface area contributed by atoms with Crippen LogP contribution in [0, 0.1) is 17.7 Å². The van der Waals surface area contributed by atoms with E-state index in [0.29, 0.717) is 23.4 Å². The molecule has 0 spiro atoms. The minimum atomic E-state index is -0.306. The third kappa shape index (κ3) is 5.22. The quantitative estimate of drug-likeness (QED) is 0.716. The van der Waals surface area contributed by atoms with Crippen LogP contribution in [0.25, 0.3) is 0 Å². The summed E-state index contributed by atoms with van der Waals surface area (Å²) >= 11 is 0. The number of amides is 1. The monoisotopic (exact) mass is 441 g/mol. The minimum absolute atomic E-state index is 0.0182. The molecular formula is C25H32FN3O3. The van der Waals surface area contributed by atoms with Gasteiger partial charge in [-0.3, -0.25) is 9.69 Å². The van der Waals surface area contributed by atoms with E-state index in [1.54, 1.807) is 25.3 Å². The molecule has 32 heavy (non-hydrogen) atoms. The van der Waals surface area contributed by atoms with Gasteiger partial charge in [0.15, 0.2) is 11.5 Å². The number of aromatic hydroxyl groups is 1. The Balaban J connectivity index is 1.28. The van der Waals surface area contributed by atoms with Crippen molar-refractivity contribution < 1.29 is 19.0 Å². The Kier molecular flexibility index (Phi) is 6.96. The maximum Gasteiger partial charge on any atom is 0.228 e. The molecule has 0 bridgehead atoms. The van der Waals surface area contributed by atoms with Crippen molar-refractivity contribution in [2.45, 2.75) is 31.8 Å². The molecule has 2 N–H and O–H groups in total. The summed E-state index contributed by atoms with van der Waals surface area (Å²) in [6.07, 6.45) is 3.08. The molecule has 2 aliphatic heterocycles. The van der Waals surface area contributed by atoms with E-state index in [1.807, 2.05) is 12.1 Å². The molecule has 2 aliphatic rings. The van der Waals surface area contributed by atoms with E-state index in [4.69, 9.17) is 4.74 Å². The van der Waals surface area contributed by atoms with Crippen LogP contribution in [0.2, 0.25) is 0 Å². The zero-order valence-electron chi connectivity index (χ0n) is 18.8. The fraction of sp³-hybridized carbons (Fsp3) is 0.480. The first-order valence-electron chi connectivity index (χ1n) is 11.3. The van der Waals surface area contributed by atoms with Crippen LogP contribution >= 0.6 is 0 Å². The number of carbonyl (C=O) groups excluding carboxylic acids is 1. The molecule has 2 aromatic carbocycles. The maximum atomic E-state index is 13.1. The van der Waals surface area contributed by atoms with Gasteiger partial charge in [0.05, 0.1) is 13.0 Å². The number of ether oxygens (including phenoxy) is 1. The predicted molar refractivity (Wildman–Crippen MR) is 122 cm³/mol. The molecule has 0 saturated carbocycles. The number of likely N-dealkylation sites (tertiary alicyclic amines) is 2. The zero-order chi connectivity index (χ0) is 22.7. The van der Waals surface area contributed by atoms with E-state index < -0.39 is 0 Å². The number of hydrogen-bond acceptors (Lipinski definition) is 5. The van der Waals surface area contributed by atoms with Crippen molar-refractivity contribution >= 4 is 11.6 Å². The highest BCUT2D eigenvalue weighted by atomic mass is 19.1. The summed E-state index contributed by atoms with van der Waals surface area (Å²) < 4.78 is 18.3. The van der Waals surface area contributed by atoms with Gasteiger partial charge in [0.2, 0.25) is 5.91 Å². The van der Waals surface area contributed by atoms with Crippen molar-refractivity contribution in [1.29, 1.82) is 0 Å². The Bertz CT molecular complexity index is 929. The number of nitrogens with zero attached hydrogens (tertiary/aromatic N) is 2. The molecule has 172 valence electrons. The largest absolute Gasteiger partial charge is 0.504 e. The van der Waals surface area contributed by atoms with Crippen molar-refractivity contribution in [2.75, 3.05) is 39.1 Å². The van der Waals surface area contributed by atoms with E-state index >= 15 is 0 Å². The molecule has 0 aromatic heterocycles. The van der Waals surface area contributed by atoms with Crippen molar-refractivity contribution in [2.24, 2.45) is 11.8 Å². The van der Waals surface area contributed by atoms with Gasteiger partial charge in [-0.25, -0.2) is 4.39 Å². The molecule has 2 fully saturated rings. The van der Waals surface area contributed by atoms with Gasteiger partial charge in [-0.15, -0.1) is 0 Å². The lowest BCUT2D eigenvalue weighted by molar-refractivity contribution is -0.119. The molecule has 4 rings (SSSR count). The number of halogens is 1. The van der Waals surface area contributed by atoms with E-state index in [1.165, 1.54) is 12.1 Å². The molecular weight excluding hydrogens is 409 g/mol. The minimum Gasteiger partial charge on any atom is -0.504 e. The summed E-state index contributed by atoms with van der Waals surface area (Å²) in [5.74, 6) is 0.920. The van der Waals surface area contributed by atoms with Crippen LogP contribution in [0.4, 0.5) is 10.1 Å². The van der Waals surface area contributed by atoms with Crippen LogP contribution in [0.15, 0.2) is 42.5 Å². The van der Waals surface area contributed by atoms with Crippen LogP contribution in [0.3, 0.4) is 0 Å². The molecule has 0 radical (unpaired) electrons. The average molecular weight is 442 g/mol. The normalized spacial score (nSPS) is 22.7. The van der Waals surface area contributed by atoms with Crippen molar-refractivity contribution in [1.82, 2.24) is 9.80 Å². The van der Waals surface area contributed by atoms with Crippen LogP contribution in [-0.4, -0.2) is 60.6 Å². The van der Waals surface area contributed by atoms with E-state index in [0.717, 1.165) is 51.0 Å². The second-order valence-corrected chi connectivity index (χ2v) is 9.06. The van der Waals surface area contributed by atoms with Crippen molar-refractivity contribution in [3.05, 3.63) is 53.8 Å². The number of piperidine rings is 1. The average Bonchev–Trinajstić information content (AvgIpc) is 3.19. The lowest BCUT2D eigenvalue weighted by Gasteiger charge is -2.37. The summed E-state index contributed by atoms with van der Waals surface area (Å²) in [5.41, 5.74) is 1.77. The fourth-order valence-corrected chi connectivity index (χ4v) is 5.12. The van der Waals surface area contributed by atoms with Gasteiger partial charge in [0.1, 0.15) is 5.82 Å². The summed E-state index contributed by atoms with van der Waals surface area (Å²) in [7, 11) is 3.68. The van der Waals surface area contributed by atoms with Crippen LogP contribution in [-0.2, 0) is 11.3 Å². The number of anilines is 1. The smallest absolute Gasteiger partial charge is 0.228 e. The summed E-state index contributed by atoms with van der Waals surface area (Å²) in [4.78, 5) is 17.5. The first kappa shape index (κ1) is 22.6. The number of phenols is 1. The van der Waals surface area contributed by atoms with Crippen LogP contribution in [0.5, 0.6) is 11.5 Å². The number of phenolic OH excluding ortho intramolecular Hbond substituents is 1. The summed E-state index contributed by atoms with van der Waals surface area (Å²) in [5, 5.41) is 12.7. The van der Waals surface area contributed by atoms with Gasteiger partial charge in [0, 0.05) is 24.8 Å². The number of nitrogens with one attached hydrogen (secondary N) is 1. The number of benzene rings is 2. The van der Waals surface area contributed by atoms with Crippen molar-refractivity contribution in [3.63, 3.8) is 0 Å². The molecule has 7 heteroatoms. The summed E-state index contributed by atoms with van der Waals surface area (Å²) in [6, 6.07) is 11.9. The second-order valence-electron chi connectivity index (χ2n) is 9.06. The van der Waals surface area contributed by atoms with Gasteiger partial charge in [-0.2, -0.15) is 0 Å². The highest BCUT2D eigenvalue weighted by Gasteiger charge is 2.39. The molecule has 0 aliphatic carbocycles. The fourth-order valence-electron chi connectivity index (χ4n) is 5.12. The topological polar surface area (TPSA) is 65.0 Å². The Morgan fingerprint density at radius 1 is 1.19 bits per heavy atom. The SMILES string of the molecule is COc1cc(CN2CCC([C@H]3C[C@@H](C(=O)Nc4ccc(F)cc4)CN3C)CC2)ccc1O. The molecule has 1 amide bonds. The number of hydrogen-bond donors (Lipinski definition) is 2. The predicted octanol–water partition coefficient (Wildman–Crippen LogP) is 3.71. The van der Waals surface area contributed by atoms with Crippen LogP contribution in [0.1, 0.15) is 24.8 Å². The van der Waals surface area contributed by atoms with E-state index in [-0.39, 0.29) is 23.4 Å². The van der Waals surface area contributed by atoms with Crippen LogP contribution < -0.4 is 10.1 Å². The number of carbonyl (C=O) groups is 1. The van der Waals surface area contributed by atoms with Gasteiger partial charge in [0.25, 0.3) is 0 Å². The lowest BCUT2D eigenvalue weighted by atomic mass is 9.86. The first-order valence-corrected chi connectivity index (χ1v) is 11.3. The second kappa shape index (κ2) is 9.88. The Morgan fingerprint density at radius 2 is 1.91 bits per heavy atom. The highest BCUT2D eigenvalue weighted by Crippen LogP contribution is 2.34. The van der Waals surface area contributed by atoms with E-state index in [2.05, 4.69) is 22.2 Å². The molecule has 2 saturated heterocycles. The Labute approximate surface area is 189 Å². The number of rotatable bonds is 6. The van der Waals surface area contributed by atoms with Crippen molar-refractivity contribution in [3.8, 4) is 11.5 Å². The van der Waals surface area contributed by atoms with Gasteiger partial charge in [-0.05, 0) is 87.3 Å². The van der Waals surface area contributed by atoms with E-state index in [9.17, 15) is 14.3 Å². The third-order valence-corrected chi connectivity index (χ3v) is 6.91. The molecule has 6 nitrogen and oxygen atoms in total. The lowest BCUT2D eigenvalue weighted by Crippen LogP contribution is -2.41. The summed E-state index contributed by atoms with van der Waals surface area (Å²) in [6.45, 7) is 3.63. The van der Waals surface area contributed by atoms with Gasteiger partial charge in [-0.1, -0.05) is 6.07 Å². The van der Waals surface area contributed by atoms with Gasteiger partial charge >= 0.3 is 0 Å².